The predicted octanol–water partition coefficient (Wildman–Crippen LogP) is 4.65. The van der Waals surface area contributed by atoms with E-state index in [9.17, 15) is 9.59 Å². The van der Waals surface area contributed by atoms with E-state index in [0.717, 1.165) is 17.3 Å². The van der Waals surface area contributed by atoms with Gasteiger partial charge in [0.25, 0.3) is 5.91 Å². The van der Waals surface area contributed by atoms with Crippen LogP contribution in [0.1, 0.15) is 29.6 Å². The highest BCUT2D eigenvalue weighted by atomic mass is 79.9. The van der Waals surface area contributed by atoms with Crippen molar-refractivity contribution in [3.63, 3.8) is 0 Å². The van der Waals surface area contributed by atoms with Gasteiger partial charge < -0.3 is 19.3 Å². The summed E-state index contributed by atoms with van der Waals surface area (Å²) in [5, 5.41) is 0.641. The van der Waals surface area contributed by atoms with Gasteiger partial charge in [-0.1, -0.05) is 23.7 Å². The summed E-state index contributed by atoms with van der Waals surface area (Å²) in [5.41, 5.74) is 0.163. The summed E-state index contributed by atoms with van der Waals surface area (Å²) in [6.07, 6.45) is 1.97. The second kappa shape index (κ2) is 10.9. The molecule has 2 saturated heterocycles. The number of nitrogens with zero attached hydrogens (tertiary/aromatic N) is 2. The van der Waals surface area contributed by atoms with Gasteiger partial charge in [0, 0.05) is 47.5 Å². The molecule has 2 heterocycles. The number of likely N-dealkylation sites (tertiary alicyclic amines) is 1. The van der Waals surface area contributed by atoms with Crippen LogP contribution >= 0.6 is 27.5 Å². The molecule has 2 amide bonds. The van der Waals surface area contributed by atoms with Crippen molar-refractivity contribution >= 4 is 39.3 Å². The Hall–Kier alpha value is -2.09. The maximum Gasteiger partial charge on any atom is 0.255 e. The Balaban J connectivity index is 1.54. The first kappa shape index (κ1) is 24.0. The summed E-state index contributed by atoms with van der Waals surface area (Å²) in [6.45, 7) is 3.81. The normalized spacial score (nSPS) is 21.0. The van der Waals surface area contributed by atoms with Crippen molar-refractivity contribution < 1.29 is 19.1 Å². The molecule has 0 spiro atoms. The second-order valence-corrected chi connectivity index (χ2v) is 10.0. The Labute approximate surface area is 207 Å². The number of rotatable bonds is 6. The number of carbonyl (C=O) groups excluding carboxylic acids is 2. The lowest BCUT2D eigenvalue weighted by atomic mass is 9.77. The topological polar surface area (TPSA) is 59.1 Å². The van der Waals surface area contributed by atoms with Crippen LogP contribution in [0.25, 0.3) is 0 Å². The molecule has 0 saturated carbocycles. The standard InChI is InChI=1S/C25H28BrClN2O4/c26-22-5-2-1-4-21(22)24(31)29-11-3-10-25(17-29,16-23(30)28-12-14-32-15-13-28)18-33-20-8-6-19(27)7-9-20/h1-2,4-9H,3,10-18H2. The lowest BCUT2D eigenvalue weighted by Crippen LogP contribution is -2.52. The van der Waals surface area contributed by atoms with Gasteiger partial charge in [-0.05, 0) is 65.2 Å². The highest BCUT2D eigenvalue weighted by Crippen LogP contribution is 2.36. The van der Waals surface area contributed by atoms with Gasteiger partial charge in [0.2, 0.25) is 5.91 Å². The first-order valence-electron chi connectivity index (χ1n) is 11.2. The van der Waals surface area contributed by atoms with Gasteiger partial charge in [0.05, 0.1) is 25.4 Å². The molecule has 4 rings (SSSR count). The van der Waals surface area contributed by atoms with Crippen LogP contribution in [0.4, 0.5) is 0 Å². The maximum atomic E-state index is 13.3. The number of benzene rings is 2. The fourth-order valence-corrected chi connectivity index (χ4v) is 5.09. The molecule has 2 aliphatic heterocycles. The molecule has 2 aromatic rings. The fraction of sp³-hybridized carbons (Fsp3) is 0.440. The highest BCUT2D eigenvalue weighted by molar-refractivity contribution is 9.10. The number of carbonyl (C=O) groups is 2. The number of ether oxygens (including phenoxy) is 2. The minimum absolute atomic E-state index is 0.0307. The van der Waals surface area contributed by atoms with E-state index in [-0.39, 0.29) is 11.8 Å². The van der Waals surface area contributed by atoms with Gasteiger partial charge in [-0.3, -0.25) is 9.59 Å². The van der Waals surface area contributed by atoms with Crippen LogP contribution in [0.15, 0.2) is 53.0 Å². The second-order valence-electron chi connectivity index (χ2n) is 8.72. The Bertz CT molecular complexity index is 981. The predicted molar refractivity (Wildman–Crippen MR) is 131 cm³/mol. The van der Waals surface area contributed by atoms with E-state index < -0.39 is 5.41 Å². The summed E-state index contributed by atoms with van der Waals surface area (Å²) in [4.78, 5) is 30.3. The van der Waals surface area contributed by atoms with E-state index in [2.05, 4.69) is 15.9 Å². The zero-order chi connectivity index (χ0) is 23.3. The molecule has 8 heteroatoms. The largest absolute Gasteiger partial charge is 0.493 e. The highest BCUT2D eigenvalue weighted by Gasteiger charge is 2.41. The van der Waals surface area contributed by atoms with Crippen LogP contribution in [0.5, 0.6) is 5.75 Å². The van der Waals surface area contributed by atoms with Gasteiger partial charge in [0.1, 0.15) is 5.75 Å². The summed E-state index contributed by atoms with van der Waals surface area (Å²) < 4.78 is 12.3. The smallest absolute Gasteiger partial charge is 0.255 e. The van der Waals surface area contributed by atoms with Crippen molar-refractivity contribution in [2.75, 3.05) is 46.0 Å². The third-order valence-electron chi connectivity index (χ3n) is 6.30. The van der Waals surface area contributed by atoms with Gasteiger partial charge in [0.15, 0.2) is 0 Å². The van der Waals surface area contributed by atoms with Crippen LogP contribution in [-0.4, -0.2) is 67.6 Å². The van der Waals surface area contributed by atoms with E-state index >= 15 is 0 Å². The number of piperidine rings is 1. The molecule has 6 nitrogen and oxygen atoms in total. The van der Waals surface area contributed by atoms with Gasteiger partial charge in [-0.2, -0.15) is 0 Å². The average Bonchev–Trinajstić information content (AvgIpc) is 2.84. The summed E-state index contributed by atoms with van der Waals surface area (Å²) in [7, 11) is 0. The quantitative estimate of drug-likeness (QED) is 0.540. The maximum absolute atomic E-state index is 13.3. The van der Waals surface area contributed by atoms with Crippen LogP contribution in [-0.2, 0) is 9.53 Å². The fourth-order valence-electron chi connectivity index (χ4n) is 4.51. The van der Waals surface area contributed by atoms with Gasteiger partial charge in [-0.25, -0.2) is 0 Å². The molecule has 176 valence electrons. The Morgan fingerprint density at radius 1 is 1.03 bits per heavy atom. The molecule has 0 aromatic heterocycles. The average molecular weight is 536 g/mol. The molecule has 2 aromatic carbocycles. The summed E-state index contributed by atoms with van der Waals surface area (Å²) >= 11 is 9.50. The number of hydrogen-bond acceptors (Lipinski definition) is 4. The minimum Gasteiger partial charge on any atom is -0.493 e. The molecule has 1 atom stereocenters. The van der Waals surface area contributed by atoms with E-state index in [1.807, 2.05) is 46.2 Å². The molecule has 33 heavy (non-hydrogen) atoms. The van der Waals surface area contributed by atoms with Crippen molar-refractivity contribution in [1.82, 2.24) is 9.80 Å². The molecule has 2 aliphatic rings. The SMILES string of the molecule is O=C(CC1(COc2ccc(Cl)cc2)CCCN(C(=O)c2ccccc2Br)C1)N1CCOCC1. The zero-order valence-corrected chi connectivity index (χ0v) is 20.8. The monoisotopic (exact) mass is 534 g/mol. The molecule has 0 bridgehead atoms. The first-order valence-corrected chi connectivity index (χ1v) is 12.4. The molecule has 0 aliphatic carbocycles. The molecule has 2 fully saturated rings. The Morgan fingerprint density at radius 3 is 2.48 bits per heavy atom. The van der Waals surface area contributed by atoms with E-state index in [4.69, 9.17) is 21.1 Å². The minimum atomic E-state index is -0.468. The molecular weight excluding hydrogens is 508 g/mol. The lowest BCUT2D eigenvalue weighted by molar-refractivity contribution is -0.139. The van der Waals surface area contributed by atoms with Crippen LogP contribution in [0.3, 0.4) is 0 Å². The van der Waals surface area contributed by atoms with Crippen molar-refractivity contribution in [3.05, 3.63) is 63.6 Å². The van der Waals surface area contributed by atoms with Gasteiger partial charge in [-0.15, -0.1) is 0 Å². The van der Waals surface area contributed by atoms with E-state index in [0.29, 0.717) is 68.8 Å². The third-order valence-corrected chi connectivity index (χ3v) is 7.25. The number of halogens is 2. The van der Waals surface area contributed by atoms with E-state index in [1.165, 1.54) is 0 Å². The Morgan fingerprint density at radius 2 is 1.76 bits per heavy atom. The molecule has 0 radical (unpaired) electrons. The first-order chi connectivity index (χ1) is 16.0. The van der Waals surface area contributed by atoms with Gasteiger partial charge >= 0.3 is 0 Å². The zero-order valence-electron chi connectivity index (χ0n) is 18.5. The van der Waals surface area contributed by atoms with Crippen LogP contribution in [0, 0.1) is 5.41 Å². The Kier molecular flexibility index (Phi) is 7.94. The number of hydrogen-bond donors (Lipinski definition) is 0. The van der Waals surface area contributed by atoms with Crippen molar-refractivity contribution in [1.29, 1.82) is 0 Å². The summed E-state index contributed by atoms with van der Waals surface area (Å²) in [6, 6.07) is 14.7. The summed E-state index contributed by atoms with van der Waals surface area (Å²) in [5.74, 6) is 0.761. The van der Waals surface area contributed by atoms with E-state index in [1.54, 1.807) is 12.1 Å². The van der Waals surface area contributed by atoms with Crippen LogP contribution in [0.2, 0.25) is 5.02 Å². The molecular formula is C25H28BrClN2O4. The van der Waals surface area contributed by atoms with Crippen molar-refractivity contribution in [3.8, 4) is 5.75 Å². The lowest BCUT2D eigenvalue weighted by Gasteiger charge is -2.43. The van der Waals surface area contributed by atoms with Crippen molar-refractivity contribution in [2.24, 2.45) is 5.41 Å². The number of amides is 2. The molecule has 0 N–H and O–H groups in total. The van der Waals surface area contributed by atoms with Crippen LogP contribution < -0.4 is 4.74 Å². The number of morpholine rings is 1. The molecule has 1 unspecified atom stereocenters. The van der Waals surface area contributed by atoms with Crippen molar-refractivity contribution in [2.45, 2.75) is 19.3 Å². The third kappa shape index (κ3) is 6.08.